The minimum absolute atomic E-state index is 0.00227. The molecule has 1 unspecified atom stereocenters. The molecule has 0 aliphatic heterocycles. The van der Waals surface area contributed by atoms with Crippen LogP contribution in [0.3, 0.4) is 0 Å². The van der Waals surface area contributed by atoms with Crippen LogP contribution in [-0.4, -0.2) is 11.6 Å². The predicted octanol–water partition coefficient (Wildman–Crippen LogP) is 3.07. The van der Waals surface area contributed by atoms with Crippen LogP contribution < -0.4 is 0 Å². The minimum Gasteiger partial charge on any atom is -0.299 e. The van der Waals surface area contributed by atoms with Crippen LogP contribution in [0, 0.1) is 5.92 Å². The second-order valence-corrected chi connectivity index (χ2v) is 4.25. The smallest absolute Gasteiger partial charge is 0.143 e. The van der Waals surface area contributed by atoms with Crippen LogP contribution in [-0.2, 0) is 16.0 Å². The molecule has 0 aromatic heterocycles. The molecule has 1 aromatic carbocycles. The number of carbonyl (C=O) groups excluding carboxylic acids is 2. The number of Topliss-reactive ketones (excluding diaryl/α,β-unsaturated/α-hetero) is 2. The maximum atomic E-state index is 11.6. The molecule has 0 aliphatic rings. The maximum absolute atomic E-state index is 11.6. The molecule has 0 heterocycles. The highest BCUT2D eigenvalue weighted by Crippen LogP contribution is 2.15. The lowest BCUT2D eigenvalue weighted by Crippen LogP contribution is -2.23. The first kappa shape index (κ1) is 12.9. The molecule has 0 saturated carbocycles. The van der Waals surface area contributed by atoms with Gasteiger partial charge in [-0.3, -0.25) is 9.59 Å². The first-order valence-electron chi connectivity index (χ1n) is 5.32. The van der Waals surface area contributed by atoms with Gasteiger partial charge in [0.1, 0.15) is 11.6 Å². The first-order chi connectivity index (χ1) is 7.54. The van der Waals surface area contributed by atoms with Crippen LogP contribution in [0.5, 0.6) is 0 Å². The average molecular weight is 239 g/mol. The van der Waals surface area contributed by atoms with Crippen LogP contribution in [0.2, 0.25) is 5.02 Å². The van der Waals surface area contributed by atoms with Crippen LogP contribution in [0.4, 0.5) is 0 Å². The van der Waals surface area contributed by atoms with E-state index in [1.165, 1.54) is 6.92 Å². The number of hydrogen-bond donors (Lipinski definition) is 0. The maximum Gasteiger partial charge on any atom is 0.143 e. The number of hydrogen-bond acceptors (Lipinski definition) is 2. The summed E-state index contributed by atoms with van der Waals surface area (Å²) in [5.74, 6) is -0.574. The summed E-state index contributed by atoms with van der Waals surface area (Å²) < 4.78 is 0. The van der Waals surface area contributed by atoms with Gasteiger partial charge in [0.2, 0.25) is 0 Å². The molecule has 1 rings (SSSR count). The largest absolute Gasteiger partial charge is 0.299 e. The Morgan fingerprint density at radius 1 is 1.25 bits per heavy atom. The fourth-order valence-electron chi connectivity index (χ4n) is 1.59. The van der Waals surface area contributed by atoms with Crippen molar-refractivity contribution in [1.82, 2.24) is 0 Å². The van der Waals surface area contributed by atoms with Crippen LogP contribution in [0.1, 0.15) is 25.8 Å². The van der Waals surface area contributed by atoms with Crippen molar-refractivity contribution < 1.29 is 9.59 Å². The lowest BCUT2D eigenvalue weighted by Gasteiger charge is -2.11. The Bertz CT molecular complexity index is 381. The van der Waals surface area contributed by atoms with E-state index in [0.717, 1.165) is 5.56 Å². The van der Waals surface area contributed by atoms with Crippen LogP contribution >= 0.6 is 11.6 Å². The topological polar surface area (TPSA) is 34.1 Å². The van der Waals surface area contributed by atoms with Gasteiger partial charge in [0.05, 0.1) is 5.92 Å². The molecule has 0 bridgehead atoms. The fourth-order valence-corrected chi connectivity index (χ4v) is 1.71. The average Bonchev–Trinajstić information content (AvgIpc) is 2.27. The Kier molecular flexibility index (Phi) is 4.69. The van der Waals surface area contributed by atoms with Gasteiger partial charge in [-0.05, 0) is 31.0 Å². The SMILES string of the molecule is CCC(=O)C(Cc1ccc(Cl)cc1)C(C)=O. The van der Waals surface area contributed by atoms with Gasteiger partial charge in [-0.15, -0.1) is 0 Å². The predicted molar refractivity (Wildman–Crippen MR) is 64.6 cm³/mol. The second kappa shape index (κ2) is 5.80. The fraction of sp³-hybridized carbons (Fsp3) is 0.385. The third kappa shape index (κ3) is 3.46. The second-order valence-electron chi connectivity index (χ2n) is 3.81. The molecule has 0 N–H and O–H groups in total. The Morgan fingerprint density at radius 3 is 2.25 bits per heavy atom. The summed E-state index contributed by atoms with van der Waals surface area (Å²) in [4.78, 5) is 22.9. The van der Waals surface area contributed by atoms with Gasteiger partial charge in [0, 0.05) is 11.4 Å². The lowest BCUT2D eigenvalue weighted by molar-refractivity contribution is -0.131. The molecule has 2 nitrogen and oxygen atoms in total. The van der Waals surface area contributed by atoms with E-state index in [1.807, 2.05) is 12.1 Å². The van der Waals surface area contributed by atoms with E-state index in [2.05, 4.69) is 0 Å². The van der Waals surface area contributed by atoms with Crippen LogP contribution in [0.15, 0.2) is 24.3 Å². The Morgan fingerprint density at radius 2 is 1.81 bits per heavy atom. The zero-order valence-electron chi connectivity index (χ0n) is 9.50. The summed E-state index contributed by atoms with van der Waals surface area (Å²) in [6, 6.07) is 7.23. The van der Waals surface area contributed by atoms with Crippen molar-refractivity contribution in [1.29, 1.82) is 0 Å². The summed E-state index contributed by atoms with van der Waals surface area (Å²) in [7, 11) is 0. The Balaban J connectivity index is 2.80. The van der Waals surface area contributed by atoms with Gasteiger partial charge in [-0.25, -0.2) is 0 Å². The molecule has 1 atom stereocenters. The van der Waals surface area contributed by atoms with E-state index in [0.29, 0.717) is 17.9 Å². The summed E-state index contributed by atoms with van der Waals surface area (Å²) in [6.45, 7) is 3.24. The van der Waals surface area contributed by atoms with Crippen molar-refractivity contribution in [2.24, 2.45) is 5.92 Å². The van der Waals surface area contributed by atoms with E-state index in [4.69, 9.17) is 11.6 Å². The first-order valence-corrected chi connectivity index (χ1v) is 5.70. The van der Waals surface area contributed by atoms with Gasteiger partial charge in [0.25, 0.3) is 0 Å². The molecule has 86 valence electrons. The van der Waals surface area contributed by atoms with E-state index < -0.39 is 5.92 Å². The Hall–Kier alpha value is -1.15. The molecule has 0 saturated heterocycles. The molecule has 0 amide bonds. The van der Waals surface area contributed by atoms with Crippen LogP contribution in [0.25, 0.3) is 0 Å². The molecule has 0 radical (unpaired) electrons. The number of ketones is 2. The van der Waals surface area contributed by atoms with Crippen molar-refractivity contribution >= 4 is 23.2 Å². The highest BCUT2D eigenvalue weighted by atomic mass is 35.5. The quantitative estimate of drug-likeness (QED) is 0.739. The van der Waals surface area contributed by atoms with Crippen molar-refractivity contribution in [3.8, 4) is 0 Å². The van der Waals surface area contributed by atoms with Crippen molar-refractivity contribution in [2.75, 3.05) is 0 Å². The minimum atomic E-state index is -0.508. The lowest BCUT2D eigenvalue weighted by atomic mass is 9.91. The zero-order chi connectivity index (χ0) is 12.1. The summed E-state index contributed by atoms with van der Waals surface area (Å²) >= 11 is 5.77. The molecule has 16 heavy (non-hydrogen) atoms. The molecule has 0 spiro atoms. The monoisotopic (exact) mass is 238 g/mol. The van der Waals surface area contributed by atoms with Gasteiger partial charge in [-0.2, -0.15) is 0 Å². The summed E-state index contributed by atoms with van der Waals surface area (Å²) in [5.41, 5.74) is 0.964. The number of benzene rings is 1. The van der Waals surface area contributed by atoms with E-state index in [9.17, 15) is 9.59 Å². The third-order valence-corrected chi connectivity index (χ3v) is 2.83. The molecular formula is C13H15ClO2. The van der Waals surface area contributed by atoms with Crippen molar-refractivity contribution in [3.05, 3.63) is 34.9 Å². The molecule has 0 fully saturated rings. The third-order valence-electron chi connectivity index (χ3n) is 2.58. The van der Waals surface area contributed by atoms with Gasteiger partial charge in [-0.1, -0.05) is 30.7 Å². The summed E-state index contributed by atoms with van der Waals surface area (Å²) in [6.07, 6.45) is 0.872. The number of rotatable bonds is 5. The standard InChI is InChI=1S/C13H15ClO2/c1-3-13(16)12(9(2)15)8-10-4-6-11(14)7-5-10/h4-7,12H,3,8H2,1-2H3. The van der Waals surface area contributed by atoms with Crippen molar-refractivity contribution in [3.63, 3.8) is 0 Å². The van der Waals surface area contributed by atoms with E-state index in [-0.39, 0.29) is 11.6 Å². The van der Waals surface area contributed by atoms with Gasteiger partial charge in [0.15, 0.2) is 0 Å². The molecule has 3 heteroatoms. The number of carbonyl (C=O) groups is 2. The van der Waals surface area contributed by atoms with Gasteiger partial charge >= 0.3 is 0 Å². The highest BCUT2D eigenvalue weighted by molar-refractivity contribution is 6.30. The molecule has 0 aliphatic carbocycles. The zero-order valence-corrected chi connectivity index (χ0v) is 10.3. The van der Waals surface area contributed by atoms with E-state index >= 15 is 0 Å². The van der Waals surface area contributed by atoms with Gasteiger partial charge < -0.3 is 0 Å². The normalized spacial score (nSPS) is 12.2. The molecule has 1 aromatic rings. The Labute approximate surface area is 101 Å². The van der Waals surface area contributed by atoms with Crippen molar-refractivity contribution in [2.45, 2.75) is 26.7 Å². The number of halogens is 1. The van der Waals surface area contributed by atoms with E-state index in [1.54, 1.807) is 19.1 Å². The molecular weight excluding hydrogens is 224 g/mol. The highest BCUT2D eigenvalue weighted by Gasteiger charge is 2.21. The summed E-state index contributed by atoms with van der Waals surface area (Å²) in [5, 5.41) is 0.657.